The van der Waals surface area contributed by atoms with Crippen LogP contribution in [0.5, 0.6) is 0 Å². The second-order valence-corrected chi connectivity index (χ2v) is 7.46. The highest BCUT2D eigenvalue weighted by Gasteiger charge is 2.13. The highest BCUT2D eigenvalue weighted by atomic mass is 35.5. The van der Waals surface area contributed by atoms with Gasteiger partial charge in [0.1, 0.15) is 11.5 Å². The molecule has 0 radical (unpaired) electrons. The molecule has 146 valence electrons. The third kappa shape index (κ3) is 4.30. The number of nitrogens with zero attached hydrogens (tertiary/aromatic N) is 1. The highest BCUT2D eigenvalue weighted by molar-refractivity contribution is 6.31. The summed E-state index contributed by atoms with van der Waals surface area (Å²) in [6, 6.07) is 14.1. The zero-order valence-corrected chi connectivity index (χ0v) is 16.3. The predicted octanol–water partition coefficient (Wildman–Crippen LogP) is 4.83. The van der Waals surface area contributed by atoms with Crippen LogP contribution in [0.25, 0.3) is 10.9 Å². The van der Waals surface area contributed by atoms with Gasteiger partial charge in [-0.2, -0.15) is 0 Å². The van der Waals surface area contributed by atoms with Crippen molar-refractivity contribution in [3.8, 4) is 0 Å². The predicted molar refractivity (Wildman–Crippen MR) is 113 cm³/mol. The van der Waals surface area contributed by atoms with Crippen molar-refractivity contribution in [2.75, 3.05) is 0 Å². The first-order valence-electron chi connectivity index (χ1n) is 9.27. The molecule has 0 aliphatic carbocycles. The average molecular weight is 408 g/mol. The van der Waals surface area contributed by atoms with E-state index in [1.807, 2.05) is 36.5 Å². The molecule has 0 spiro atoms. The lowest BCUT2D eigenvalue weighted by molar-refractivity contribution is 0.0994. The van der Waals surface area contributed by atoms with Crippen molar-refractivity contribution < 1.29 is 9.18 Å². The van der Waals surface area contributed by atoms with Gasteiger partial charge in [-0.25, -0.2) is 4.39 Å². The number of hydrogen-bond donors (Lipinski definition) is 2. The lowest BCUT2D eigenvalue weighted by Crippen LogP contribution is -2.16. The van der Waals surface area contributed by atoms with Crippen LogP contribution in [0.2, 0.25) is 5.02 Å². The van der Waals surface area contributed by atoms with Crippen LogP contribution in [0.3, 0.4) is 0 Å². The van der Waals surface area contributed by atoms with Gasteiger partial charge in [0.05, 0.1) is 0 Å². The van der Waals surface area contributed by atoms with Crippen LogP contribution in [0.1, 0.15) is 32.7 Å². The van der Waals surface area contributed by atoms with Crippen LogP contribution in [-0.2, 0) is 19.3 Å². The average Bonchev–Trinajstić information content (AvgIpc) is 3.08. The smallest absolute Gasteiger partial charge is 0.267 e. The van der Waals surface area contributed by atoms with Crippen LogP contribution in [0.15, 0.2) is 60.9 Å². The van der Waals surface area contributed by atoms with E-state index in [4.69, 9.17) is 17.3 Å². The number of nitrogens with two attached hydrogens (primary N) is 1. The topological polar surface area (TPSA) is 71.8 Å². The van der Waals surface area contributed by atoms with Gasteiger partial charge in [0.2, 0.25) is 0 Å². The summed E-state index contributed by atoms with van der Waals surface area (Å²) in [7, 11) is 0. The van der Waals surface area contributed by atoms with Gasteiger partial charge in [-0.3, -0.25) is 9.78 Å². The van der Waals surface area contributed by atoms with E-state index in [0.717, 1.165) is 33.2 Å². The molecule has 1 amide bonds. The number of halogens is 2. The normalized spacial score (nSPS) is 11.1. The van der Waals surface area contributed by atoms with Crippen LogP contribution >= 0.6 is 11.6 Å². The van der Waals surface area contributed by atoms with Crippen molar-refractivity contribution in [1.29, 1.82) is 0 Å². The summed E-state index contributed by atoms with van der Waals surface area (Å²) < 4.78 is 13.5. The number of primary amides is 1. The molecule has 0 aliphatic heterocycles. The molecule has 2 aromatic heterocycles. The van der Waals surface area contributed by atoms with Crippen molar-refractivity contribution >= 4 is 28.4 Å². The van der Waals surface area contributed by atoms with E-state index in [1.165, 1.54) is 12.1 Å². The number of H-pyrrole nitrogens is 1. The van der Waals surface area contributed by atoms with Crippen LogP contribution in [0.4, 0.5) is 4.39 Å². The van der Waals surface area contributed by atoms with E-state index < -0.39 is 5.91 Å². The Hall–Kier alpha value is -3.18. The number of amides is 1. The summed E-state index contributed by atoms with van der Waals surface area (Å²) in [6.07, 6.45) is 5.40. The number of carbonyl (C=O) groups excluding carboxylic acids is 1. The van der Waals surface area contributed by atoms with Gasteiger partial charge in [-0.05, 0) is 71.8 Å². The molecule has 0 saturated heterocycles. The number of aromatic amines is 1. The second-order valence-electron chi connectivity index (χ2n) is 7.03. The summed E-state index contributed by atoms with van der Waals surface area (Å²) in [5, 5.41) is 1.73. The summed E-state index contributed by atoms with van der Waals surface area (Å²) in [5.41, 5.74) is 10.4. The van der Waals surface area contributed by atoms with E-state index in [9.17, 15) is 9.18 Å². The molecule has 2 heterocycles. The highest BCUT2D eigenvalue weighted by Crippen LogP contribution is 2.24. The summed E-state index contributed by atoms with van der Waals surface area (Å²) in [5.74, 6) is -0.832. The zero-order valence-electron chi connectivity index (χ0n) is 15.6. The standard InChI is InChI=1S/C23H19ClFN3O/c24-18-6-7-21-20(11-18)17(13-27-21)5-4-16-9-15(12-28-22(16)23(26)29)8-14-2-1-3-19(25)10-14/h1-3,6-7,9-13,27H,4-5,8H2,(H2,26,29). The van der Waals surface area contributed by atoms with Gasteiger partial charge >= 0.3 is 0 Å². The number of hydrogen-bond acceptors (Lipinski definition) is 2. The first-order chi connectivity index (χ1) is 14.0. The Balaban J connectivity index is 1.60. The lowest BCUT2D eigenvalue weighted by atomic mass is 9.98. The van der Waals surface area contributed by atoms with E-state index in [0.29, 0.717) is 24.3 Å². The van der Waals surface area contributed by atoms with Crippen molar-refractivity contribution in [2.45, 2.75) is 19.3 Å². The Morgan fingerprint density at radius 3 is 2.69 bits per heavy atom. The molecule has 29 heavy (non-hydrogen) atoms. The molecule has 0 aliphatic rings. The van der Waals surface area contributed by atoms with Crippen molar-refractivity contribution in [3.63, 3.8) is 0 Å². The third-order valence-corrected chi connectivity index (χ3v) is 5.18. The number of aromatic nitrogens is 2. The molecule has 4 aromatic rings. The molecule has 4 rings (SSSR count). The molecule has 3 N–H and O–H groups in total. The Labute approximate surface area is 172 Å². The van der Waals surface area contributed by atoms with Gasteiger partial charge in [0.15, 0.2) is 0 Å². The minimum absolute atomic E-state index is 0.269. The lowest BCUT2D eigenvalue weighted by Gasteiger charge is -2.09. The maximum Gasteiger partial charge on any atom is 0.267 e. The Morgan fingerprint density at radius 1 is 1.07 bits per heavy atom. The first-order valence-corrected chi connectivity index (χ1v) is 9.65. The fourth-order valence-electron chi connectivity index (χ4n) is 3.58. The van der Waals surface area contributed by atoms with Crippen molar-refractivity contribution in [1.82, 2.24) is 9.97 Å². The van der Waals surface area contributed by atoms with Gasteiger partial charge < -0.3 is 10.7 Å². The molecular formula is C23H19ClFN3O. The number of aryl methyl sites for hydroxylation is 2. The van der Waals surface area contributed by atoms with Crippen LogP contribution < -0.4 is 5.73 Å². The number of pyridine rings is 1. The quantitative estimate of drug-likeness (QED) is 0.480. The third-order valence-electron chi connectivity index (χ3n) is 4.95. The minimum atomic E-state index is -0.556. The van der Waals surface area contributed by atoms with Crippen molar-refractivity contribution in [2.24, 2.45) is 5.73 Å². The van der Waals surface area contributed by atoms with E-state index in [1.54, 1.807) is 12.3 Å². The van der Waals surface area contributed by atoms with Gasteiger partial charge in [-0.15, -0.1) is 0 Å². The summed E-state index contributed by atoms with van der Waals surface area (Å²) >= 11 is 6.13. The SMILES string of the molecule is NC(=O)c1ncc(Cc2cccc(F)c2)cc1CCc1c[nH]c2ccc(Cl)cc12. The molecule has 0 fully saturated rings. The summed E-state index contributed by atoms with van der Waals surface area (Å²) in [4.78, 5) is 19.4. The van der Waals surface area contributed by atoms with E-state index in [2.05, 4.69) is 9.97 Å². The Kier molecular flexibility index (Phi) is 5.32. The maximum atomic E-state index is 13.5. The van der Waals surface area contributed by atoms with Crippen LogP contribution in [0, 0.1) is 5.82 Å². The van der Waals surface area contributed by atoms with E-state index in [-0.39, 0.29) is 11.5 Å². The number of nitrogens with one attached hydrogen (secondary N) is 1. The van der Waals surface area contributed by atoms with Crippen LogP contribution in [-0.4, -0.2) is 15.9 Å². The molecule has 0 saturated carbocycles. The van der Waals surface area contributed by atoms with Gasteiger partial charge in [0, 0.05) is 28.3 Å². The molecule has 6 heteroatoms. The van der Waals surface area contributed by atoms with Crippen molar-refractivity contribution in [3.05, 3.63) is 99.7 Å². The molecule has 0 atom stereocenters. The number of carbonyl (C=O) groups is 1. The first kappa shape index (κ1) is 19.2. The maximum absolute atomic E-state index is 13.5. The number of benzene rings is 2. The van der Waals surface area contributed by atoms with Gasteiger partial charge in [-0.1, -0.05) is 29.8 Å². The molecule has 0 bridgehead atoms. The second kappa shape index (κ2) is 8.05. The zero-order chi connectivity index (χ0) is 20.4. The molecule has 2 aromatic carbocycles. The molecule has 0 unspecified atom stereocenters. The largest absolute Gasteiger partial charge is 0.364 e. The Bertz CT molecular complexity index is 1200. The van der Waals surface area contributed by atoms with E-state index >= 15 is 0 Å². The Morgan fingerprint density at radius 2 is 1.90 bits per heavy atom. The molecular weight excluding hydrogens is 389 g/mol. The molecule has 4 nitrogen and oxygen atoms in total. The fourth-order valence-corrected chi connectivity index (χ4v) is 3.75. The monoisotopic (exact) mass is 407 g/mol. The van der Waals surface area contributed by atoms with Gasteiger partial charge in [0.25, 0.3) is 5.91 Å². The minimum Gasteiger partial charge on any atom is -0.364 e. The number of rotatable bonds is 6. The summed E-state index contributed by atoms with van der Waals surface area (Å²) in [6.45, 7) is 0. The fraction of sp³-hybridized carbons (Fsp3) is 0.130. The number of fused-ring (bicyclic) bond motifs is 1.